The van der Waals surface area contributed by atoms with Crippen LogP contribution < -0.4 is 14.2 Å². The molecule has 0 radical (unpaired) electrons. The van der Waals surface area contributed by atoms with E-state index in [1.807, 2.05) is 0 Å². The molecule has 0 heterocycles. The Balaban J connectivity index is 2.22. The van der Waals surface area contributed by atoms with E-state index < -0.39 is 21.7 Å². The van der Waals surface area contributed by atoms with Crippen LogP contribution in [0.25, 0.3) is 0 Å². The van der Waals surface area contributed by atoms with Crippen molar-refractivity contribution < 1.29 is 26.7 Å². The molecule has 0 aromatic heterocycles. The number of nitrogens with one attached hydrogen (secondary N) is 1. The third-order valence-electron chi connectivity index (χ3n) is 3.13. The Morgan fingerprint density at radius 3 is 2.30 bits per heavy atom. The minimum Gasteiger partial charge on any atom is -0.493 e. The molecule has 0 unspecified atom stereocenters. The van der Waals surface area contributed by atoms with Crippen LogP contribution in [0.3, 0.4) is 0 Å². The minimum atomic E-state index is -3.89. The molecule has 0 spiro atoms. The zero-order valence-electron chi connectivity index (χ0n) is 12.5. The molecule has 0 bridgehead atoms. The van der Waals surface area contributed by atoms with Crippen LogP contribution in [0.1, 0.15) is 5.56 Å². The van der Waals surface area contributed by atoms with Gasteiger partial charge < -0.3 is 9.47 Å². The van der Waals surface area contributed by atoms with Gasteiger partial charge in [-0.15, -0.1) is 0 Å². The van der Waals surface area contributed by atoms with Crippen LogP contribution in [0.15, 0.2) is 41.3 Å². The number of hydrogen-bond donors (Lipinski definition) is 1. The zero-order chi connectivity index (χ0) is 17.0. The molecule has 0 saturated heterocycles. The Morgan fingerprint density at radius 1 is 1.00 bits per heavy atom. The average Bonchev–Trinajstić information content (AvgIpc) is 2.53. The number of rotatable bonds is 6. The highest BCUT2D eigenvalue weighted by molar-refractivity contribution is 7.89. The first kappa shape index (κ1) is 17.2. The second-order valence-electron chi connectivity index (χ2n) is 4.58. The predicted octanol–water partition coefficient (Wildman–Crippen LogP) is 2.46. The van der Waals surface area contributed by atoms with Crippen LogP contribution in [0.5, 0.6) is 11.5 Å². The molecule has 23 heavy (non-hydrogen) atoms. The SMILES string of the molecule is COc1ccc(S(=O)(=O)NCc2ccc(F)cc2F)cc1OC. The normalized spacial score (nSPS) is 11.3. The van der Waals surface area contributed by atoms with Gasteiger partial charge in [-0.2, -0.15) is 0 Å². The summed E-state index contributed by atoms with van der Waals surface area (Å²) in [5.41, 5.74) is 0.0375. The minimum absolute atomic E-state index is 0.0375. The number of benzene rings is 2. The topological polar surface area (TPSA) is 64.6 Å². The number of ether oxygens (including phenoxy) is 2. The lowest BCUT2D eigenvalue weighted by atomic mass is 10.2. The van der Waals surface area contributed by atoms with Gasteiger partial charge in [-0.1, -0.05) is 6.07 Å². The third-order valence-corrected chi connectivity index (χ3v) is 4.53. The van der Waals surface area contributed by atoms with E-state index in [1.165, 1.54) is 38.5 Å². The van der Waals surface area contributed by atoms with Crippen molar-refractivity contribution in [2.45, 2.75) is 11.4 Å². The summed E-state index contributed by atoms with van der Waals surface area (Å²) >= 11 is 0. The molecule has 5 nitrogen and oxygen atoms in total. The third kappa shape index (κ3) is 3.96. The molecule has 0 amide bonds. The molecule has 1 N–H and O–H groups in total. The summed E-state index contributed by atoms with van der Waals surface area (Å²) in [7, 11) is -1.07. The van der Waals surface area contributed by atoms with E-state index in [9.17, 15) is 17.2 Å². The number of hydrogen-bond acceptors (Lipinski definition) is 4. The summed E-state index contributed by atoms with van der Waals surface area (Å²) in [5.74, 6) is -0.909. The summed E-state index contributed by atoms with van der Waals surface area (Å²) in [5, 5.41) is 0. The molecule has 0 fully saturated rings. The first-order valence-electron chi connectivity index (χ1n) is 6.53. The lowest BCUT2D eigenvalue weighted by molar-refractivity contribution is 0.354. The van der Waals surface area contributed by atoms with Gasteiger partial charge in [-0.05, 0) is 18.2 Å². The molecule has 0 atom stereocenters. The highest BCUT2D eigenvalue weighted by Gasteiger charge is 2.17. The van der Waals surface area contributed by atoms with Crippen molar-refractivity contribution in [2.75, 3.05) is 14.2 Å². The van der Waals surface area contributed by atoms with Crippen LogP contribution in [-0.4, -0.2) is 22.6 Å². The van der Waals surface area contributed by atoms with Crippen LogP contribution in [0.4, 0.5) is 8.78 Å². The summed E-state index contributed by atoms with van der Waals surface area (Å²) in [4.78, 5) is -0.0577. The molecular formula is C15H15F2NO4S. The molecule has 0 aliphatic rings. The lowest BCUT2D eigenvalue weighted by Crippen LogP contribution is -2.23. The van der Waals surface area contributed by atoms with E-state index in [2.05, 4.69) is 4.72 Å². The average molecular weight is 343 g/mol. The molecular weight excluding hydrogens is 328 g/mol. The van der Waals surface area contributed by atoms with Crippen molar-refractivity contribution >= 4 is 10.0 Å². The van der Waals surface area contributed by atoms with E-state index in [0.29, 0.717) is 11.8 Å². The van der Waals surface area contributed by atoms with Crippen molar-refractivity contribution in [1.82, 2.24) is 4.72 Å². The second kappa shape index (κ2) is 6.93. The van der Waals surface area contributed by atoms with E-state index >= 15 is 0 Å². The maximum Gasteiger partial charge on any atom is 0.241 e. The van der Waals surface area contributed by atoms with Crippen molar-refractivity contribution in [2.24, 2.45) is 0 Å². The number of methoxy groups -OCH3 is 2. The number of halogens is 2. The Labute approximate surface area is 132 Å². The fourth-order valence-corrected chi connectivity index (χ4v) is 2.93. The highest BCUT2D eigenvalue weighted by atomic mass is 32.2. The molecule has 0 saturated carbocycles. The predicted molar refractivity (Wildman–Crippen MR) is 79.9 cm³/mol. The van der Waals surface area contributed by atoms with E-state index in [1.54, 1.807) is 0 Å². The fraction of sp³-hybridized carbons (Fsp3) is 0.200. The Bertz CT molecular complexity index is 809. The first-order chi connectivity index (χ1) is 10.9. The van der Waals surface area contributed by atoms with Crippen LogP contribution in [0, 0.1) is 11.6 Å². The van der Waals surface area contributed by atoms with Gasteiger partial charge in [0, 0.05) is 24.2 Å². The van der Waals surface area contributed by atoms with E-state index in [0.717, 1.165) is 6.07 Å². The van der Waals surface area contributed by atoms with Gasteiger partial charge in [0.1, 0.15) is 11.6 Å². The van der Waals surface area contributed by atoms with Gasteiger partial charge in [-0.3, -0.25) is 0 Å². The summed E-state index contributed by atoms with van der Waals surface area (Å²) in [6, 6.07) is 7.02. The fourth-order valence-electron chi connectivity index (χ4n) is 1.90. The van der Waals surface area contributed by atoms with Gasteiger partial charge in [-0.25, -0.2) is 21.9 Å². The molecule has 2 aromatic carbocycles. The summed E-state index contributed by atoms with van der Waals surface area (Å²) in [6.45, 7) is -0.303. The molecule has 2 aromatic rings. The van der Waals surface area contributed by atoms with Gasteiger partial charge in [0.2, 0.25) is 10.0 Å². The lowest BCUT2D eigenvalue weighted by Gasteiger charge is -2.11. The van der Waals surface area contributed by atoms with Crippen LogP contribution in [-0.2, 0) is 16.6 Å². The second-order valence-corrected chi connectivity index (χ2v) is 6.34. The van der Waals surface area contributed by atoms with E-state index in [4.69, 9.17) is 9.47 Å². The van der Waals surface area contributed by atoms with Crippen molar-refractivity contribution in [3.8, 4) is 11.5 Å². The molecule has 2 rings (SSSR count). The first-order valence-corrected chi connectivity index (χ1v) is 8.01. The molecule has 124 valence electrons. The van der Waals surface area contributed by atoms with Gasteiger partial charge in [0.25, 0.3) is 0 Å². The maximum absolute atomic E-state index is 13.5. The Hall–Kier alpha value is -2.19. The summed E-state index contributed by atoms with van der Waals surface area (Å²) in [6.07, 6.45) is 0. The van der Waals surface area contributed by atoms with E-state index in [-0.39, 0.29) is 22.8 Å². The maximum atomic E-state index is 13.5. The number of sulfonamides is 1. The van der Waals surface area contributed by atoms with Gasteiger partial charge >= 0.3 is 0 Å². The van der Waals surface area contributed by atoms with Crippen molar-refractivity contribution in [3.63, 3.8) is 0 Å². The smallest absolute Gasteiger partial charge is 0.241 e. The molecule has 0 aliphatic carbocycles. The Morgan fingerprint density at radius 2 is 1.70 bits per heavy atom. The standard InChI is InChI=1S/C15H15F2NO4S/c1-21-14-6-5-12(8-15(14)22-2)23(19,20)18-9-10-3-4-11(16)7-13(10)17/h3-8,18H,9H2,1-2H3. The van der Waals surface area contributed by atoms with Crippen LogP contribution in [0.2, 0.25) is 0 Å². The molecule has 8 heteroatoms. The van der Waals surface area contributed by atoms with Crippen LogP contribution >= 0.6 is 0 Å². The highest BCUT2D eigenvalue weighted by Crippen LogP contribution is 2.29. The monoisotopic (exact) mass is 343 g/mol. The largest absolute Gasteiger partial charge is 0.493 e. The van der Waals surface area contributed by atoms with Gasteiger partial charge in [0.05, 0.1) is 19.1 Å². The molecule has 0 aliphatic heterocycles. The zero-order valence-corrected chi connectivity index (χ0v) is 13.3. The summed E-state index contributed by atoms with van der Waals surface area (Å²) < 4.78 is 63.2. The van der Waals surface area contributed by atoms with Crippen molar-refractivity contribution in [1.29, 1.82) is 0 Å². The Kier molecular flexibility index (Phi) is 5.17. The quantitative estimate of drug-likeness (QED) is 0.875. The van der Waals surface area contributed by atoms with Crippen molar-refractivity contribution in [3.05, 3.63) is 53.6 Å². The van der Waals surface area contributed by atoms with Gasteiger partial charge in [0.15, 0.2) is 11.5 Å².